The molecule has 0 saturated carbocycles. The second-order valence-corrected chi connectivity index (χ2v) is 12.3. The maximum atomic E-state index is 13.8. The molecule has 2 aromatic rings. The second kappa shape index (κ2) is 10.3. The Balaban J connectivity index is 1.58. The first-order valence-corrected chi connectivity index (χ1v) is 14.6. The lowest BCUT2D eigenvalue weighted by Gasteiger charge is -2.50. The summed E-state index contributed by atoms with van der Waals surface area (Å²) in [4.78, 5) is 30.0. The van der Waals surface area contributed by atoms with Gasteiger partial charge in [-0.2, -0.15) is 0 Å². The van der Waals surface area contributed by atoms with E-state index in [0.29, 0.717) is 25.0 Å². The lowest BCUT2D eigenvalue weighted by Crippen LogP contribution is -2.58. The number of ether oxygens (including phenoxy) is 4. The van der Waals surface area contributed by atoms with Gasteiger partial charge in [0.05, 0.1) is 43.3 Å². The van der Waals surface area contributed by atoms with Crippen LogP contribution in [0.1, 0.15) is 51.2 Å². The Morgan fingerprint density at radius 2 is 1.78 bits per heavy atom. The van der Waals surface area contributed by atoms with Crippen molar-refractivity contribution >= 4 is 17.6 Å². The highest BCUT2D eigenvalue weighted by Gasteiger charge is 2.66. The monoisotopic (exact) mass is 560 g/mol. The number of carbonyl (C=O) groups excluding carboxylic acids is 2. The molecule has 3 aliphatic heterocycles. The van der Waals surface area contributed by atoms with Crippen LogP contribution in [0.2, 0.25) is 0 Å². The van der Waals surface area contributed by atoms with E-state index in [2.05, 4.69) is 53.5 Å². The van der Waals surface area contributed by atoms with Gasteiger partial charge in [0.15, 0.2) is 5.79 Å². The lowest BCUT2D eigenvalue weighted by atomic mass is 9.57. The van der Waals surface area contributed by atoms with Gasteiger partial charge in [-0.15, -0.1) is 0 Å². The summed E-state index contributed by atoms with van der Waals surface area (Å²) in [7, 11) is 2.77. The summed E-state index contributed by atoms with van der Waals surface area (Å²) in [5.74, 6) is -2.83. The fourth-order valence-electron chi connectivity index (χ4n) is 8.06. The van der Waals surface area contributed by atoms with Gasteiger partial charge in [0, 0.05) is 30.5 Å². The van der Waals surface area contributed by atoms with E-state index in [1.54, 1.807) is 0 Å². The molecule has 1 N–H and O–H groups in total. The molecule has 218 valence electrons. The van der Waals surface area contributed by atoms with Crippen molar-refractivity contribution in [1.29, 1.82) is 0 Å². The molecule has 0 bridgehead atoms. The van der Waals surface area contributed by atoms with Gasteiger partial charge >= 0.3 is 11.9 Å². The number of anilines is 1. The number of carbonyl (C=O) groups is 2. The molecule has 1 spiro atoms. The normalized spacial score (nSPS) is 31.7. The van der Waals surface area contributed by atoms with Gasteiger partial charge in [-0.25, -0.2) is 4.79 Å². The zero-order chi connectivity index (χ0) is 29.0. The number of hydrogen-bond acceptors (Lipinski definition) is 8. The van der Waals surface area contributed by atoms with Crippen LogP contribution < -0.4 is 5.32 Å². The van der Waals surface area contributed by atoms with Crippen LogP contribution >= 0.6 is 0 Å². The molecule has 2 fully saturated rings. The third kappa shape index (κ3) is 4.39. The molecule has 5 atom stereocenters. The van der Waals surface area contributed by atoms with Gasteiger partial charge in [-0.05, 0) is 56.2 Å². The molecule has 0 unspecified atom stereocenters. The summed E-state index contributed by atoms with van der Waals surface area (Å²) in [5.41, 5.74) is 3.32. The van der Waals surface area contributed by atoms with Gasteiger partial charge in [0.2, 0.25) is 0 Å². The Hall–Kier alpha value is -3.20. The van der Waals surface area contributed by atoms with Gasteiger partial charge < -0.3 is 24.3 Å². The van der Waals surface area contributed by atoms with Crippen molar-refractivity contribution in [3.8, 4) is 0 Å². The predicted molar refractivity (Wildman–Crippen MR) is 154 cm³/mol. The van der Waals surface area contributed by atoms with Crippen molar-refractivity contribution in [1.82, 2.24) is 4.90 Å². The van der Waals surface area contributed by atoms with Gasteiger partial charge in [0.1, 0.15) is 0 Å². The number of hydrogen-bond donors (Lipinski definition) is 1. The fourth-order valence-corrected chi connectivity index (χ4v) is 8.06. The number of likely N-dealkylation sites (tertiary alicyclic amines) is 1. The molecule has 0 amide bonds. The van der Waals surface area contributed by atoms with Gasteiger partial charge in [-0.1, -0.05) is 55.5 Å². The molecule has 41 heavy (non-hydrogen) atoms. The zero-order valence-corrected chi connectivity index (χ0v) is 24.6. The predicted octanol–water partition coefficient (Wildman–Crippen LogP) is 4.79. The van der Waals surface area contributed by atoms with Crippen molar-refractivity contribution in [3.05, 3.63) is 77.0 Å². The summed E-state index contributed by atoms with van der Waals surface area (Å²) in [6.45, 7) is 7.90. The minimum atomic E-state index is -0.838. The molecule has 0 aromatic heterocycles. The molecule has 2 saturated heterocycles. The first-order chi connectivity index (χ1) is 19.7. The lowest BCUT2D eigenvalue weighted by molar-refractivity contribution is -0.171. The summed E-state index contributed by atoms with van der Waals surface area (Å²) < 4.78 is 23.5. The minimum Gasteiger partial charge on any atom is -0.469 e. The van der Waals surface area contributed by atoms with Crippen LogP contribution in [0.15, 0.2) is 65.9 Å². The summed E-state index contributed by atoms with van der Waals surface area (Å²) in [6.07, 6.45) is 2.04. The number of nitrogens with one attached hydrogen (secondary N) is 1. The van der Waals surface area contributed by atoms with E-state index in [1.165, 1.54) is 19.8 Å². The van der Waals surface area contributed by atoms with E-state index in [4.69, 9.17) is 18.9 Å². The third-order valence-corrected chi connectivity index (χ3v) is 9.71. The van der Waals surface area contributed by atoms with E-state index in [1.807, 2.05) is 32.0 Å². The number of benzene rings is 2. The molecule has 6 rings (SSSR count). The Morgan fingerprint density at radius 1 is 1.05 bits per heavy atom. The van der Waals surface area contributed by atoms with Crippen LogP contribution in [0, 0.1) is 11.8 Å². The number of esters is 2. The summed E-state index contributed by atoms with van der Waals surface area (Å²) in [6, 6.07) is 18.6. The Labute approximate surface area is 242 Å². The van der Waals surface area contributed by atoms with Crippen molar-refractivity contribution in [2.75, 3.05) is 32.7 Å². The van der Waals surface area contributed by atoms with E-state index in [9.17, 15) is 9.59 Å². The largest absolute Gasteiger partial charge is 0.469 e. The van der Waals surface area contributed by atoms with Crippen LogP contribution in [0.25, 0.3) is 0 Å². The van der Waals surface area contributed by atoms with Crippen molar-refractivity contribution in [3.63, 3.8) is 0 Å². The van der Waals surface area contributed by atoms with Crippen molar-refractivity contribution < 1.29 is 28.5 Å². The molecule has 0 radical (unpaired) electrons. The minimum absolute atomic E-state index is 0.109. The molecule has 8 heteroatoms. The fraction of sp³-hybridized carbons (Fsp3) is 0.515. The number of rotatable bonds is 7. The topological polar surface area (TPSA) is 86.3 Å². The van der Waals surface area contributed by atoms with Crippen molar-refractivity contribution in [2.24, 2.45) is 11.8 Å². The number of para-hydroxylation sites is 1. The van der Waals surface area contributed by atoms with Crippen molar-refractivity contribution in [2.45, 2.75) is 69.4 Å². The van der Waals surface area contributed by atoms with Gasteiger partial charge in [0.25, 0.3) is 0 Å². The molecule has 1 aliphatic carbocycles. The van der Waals surface area contributed by atoms with Crippen LogP contribution in [-0.2, 0) is 40.5 Å². The second-order valence-electron chi connectivity index (χ2n) is 12.3. The van der Waals surface area contributed by atoms with E-state index >= 15 is 0 Å². The molecule has 8 nitrogen and oxygen atoms in total. The van der Waals surface area contributed by atoms with E-state index < -0.39 is 34.7 Å². The SMILES string of the molecule is CC[C@]1(C[C@H]2[C@H](C(=O)OC)C(C(=O)OC)=C3Nc4ccccc4[C@]34CCN(Cc3ccccc3)[C@H]24)COC(C)(C)O1. The molecule has 3 heterocycles. The average Bonchev–Trinajstić information content (AvgIpc) is 3.63. The first-order valence-electron chi connectivity index (χ1n) is 14.6. The van der Waals surface area contributed by atoms with E-state index in [0.717, 1.165) is 36.5 Å². The standard InChI is InChI=1S/C33H40N2O6/c1-6-32(20-40-31(2,3)41-32)18-22-25(29(36)38-4)26(30(37)39-5)27-33(23-14-10-11-15-24(23)34-27)16-17-35(28(22)33)19-21-12-8-7-9-13-21/h7-15,22,25,28,34H,6,16-20H2,1-5H3/t22-,25-,28+,32-,33+/m0/s1. The van der Waals surface area contributed by atoms with Crippen LogP contribution in [0.4, 0.5) is 5.69 Å². The highest BCUT2D eigenvalue weighted by Crippen LogP contribution is 2.62. The highest BCUT2D eigenvalue weighted by atomic mass is 16.8. The van der Waals surface area contributed by atoms with Crippen LogP contribution in [-0.4, -0.2) is 61.6 Å². The number of methoxy groups -OCH3 is 2. The number of nitrogens with zero attached hydrogens (tertiary/aromatic N) is 1. The highest BCUT2D eigenvalue weighted by molar-refractivity contribution is 5.99. The van der Waals surface area contributed by atoms with Gasteiger partial charge in [-0.3, -0.25) is 9.69 Å². The average molecular weight is 561 g/mol. The van der Waals surface area contributed by atoms with E-state index in [-0.39, 0.29) is 12.0 Å². The molecule has 2 aromatic carbocycles. The van der Waals surface area contributed by atoms with Crippen LogP contribution in [0.5, 0.6) is 0 Å². The number of fused-ring (bicyclic) bond motifs is 1. The summed E-state index contributed by atoms with van der Waals surface area (Å²) >= 11 is 0. The zero-order valence-electron chi connectivity index (χ0n) is 24.6. The summed E-state index contributed by atoms with van der Waals surface area (Å²) in [5, 5.41) is 3.60. The maximum Gasteiger partial charge on any atom is 0.336 e. The molecule has 4 aliphatic rings. The first kappa shape index (κ1) is 27.9. The third-order valence-electron chi connectivity index (χ3n) is 9.71. The smallest absolute Gasteiger partial charge is 0.336 e. The molecular formula is C33H40N2O6. The maximum absolute atomic E-state index is 13.8. The Morgan fingerprint density at radius 3 is 2.44 bits per heavy atom. The quantitative estimate of drug-likeness (QED) is 0.484. The van der Waals surface area contributed by atoms with Crippen LogP contribution in [0.3, 0.4) is 0 Å². The Kier molecular flexibility index (Phi) is 6.99. The Bertz CT molecular complexity index is 1370. The molecular weight excluding hydrogens is 520 g/mol.